The summed E-state index contributed by atoms with van der Waals surface area (Å²) in [6.45, 7) is 11.2. The van der Waals surface area contributed by atoms with Crippen LogP contribution in [0.5, 0.6) is 0 Å². The van der Waals surface area contributed by atoms with Gasteiger partial charge >= 0.3 is 0 Å². The quantitative estimate of drug-likeness (QED) is 0.270. The highest BCUT2D eigenvalue weighted by atomic mass is 127. The lowest BCUT2D eigenvalue weighted by atomic mass is 10.2. The number of guanidine groups is 1. The fourth-order valence-electron chi connectivity index (χ4n) is 2.60. The summed E-state index contributed by atoms with van der Waals surface area (Å²) in [5, 5.41) is 6.79. The first-order chi connectivity index (χ1) is 10.3. The van der Waals surface area contributed by atoms with Crippen LogP contribution in [0, 0.1) is 5.92 Å². The van der Waals surface area contributed by atoms with E-state index in [0.717, 1.165) is 31.5 Å². The molecule has 2 rings (SSSR count). The third-order valence-corrected chi connectivity index (χ3v) is 4.34. The van der Waals surface area contributed by atoms with Crippen molar-refractivity contribution in [1.82, 2.24) is 20.4 Å². The predicted molar refractivity (Wildman–Crippen MR) is 105 cm³/mol. The van der Waals surface area contributed by atoms with E-state index in [0.29, 0.717) is 0 Å². The monoisotopic (exact) mass is 423 g/mol. The molecule has 0 amide bonds. The smallest absolute Gasteiger partial charge is 0.191 e. The average molecular weight is 423 g/mol. The van der Waals surface area contributed by atoms with Crippen LogP contribution in [0.15, 0.2) is 4.99 Å². The fraction of sp³-hybridized carbons (Fsp3) is 0.938. The lowest BCUT2D eigenvalue weighted by Crippen LogP contribution is -2.44. The lowest BCUT2D eigenvalue weighted by Gasteiger charge is -2.32. The molecule has 6 heteroatoms. The Hall–Kier alpha value is -0.0800. The van der Waals surface area contributed by atoms with Gasteiger partial charge in [-0.1, -0.05) is 0 Å². The van der Waals surface area contributed by atoms with E-state index in [1.807, 2.05) is 0 Å². The van der Waals surface area contributed by atoms with Crippen LogP contribution in [0.2, 0.25) is 0 Å². The first-order valence-corrected chi connectivity index (χ1v) is 8.71. The molecule has 2 aliphatic rings. The van der Waals surface area contributed by atoms with Gasteiger partial charge < -0.3 is 20.4 Å². The van der Waals surface area contributed by atoms with Gasteiger partial charge in [-0.3, -0.25) is 4.99 Å². The maximum atomic E-state index is 4.65. The van der Waals surface area contributed by atoms with Crippen LogP contribution >= 0.6 is 24.0 Å². The van der Waals surface area contributed by atoms with E-state index in [1.54, 1.807) is 0 Å². The van der Waals surface area contributed by atoms with Gasteiger partial charge in [-0.2, -0.15) is 0 Å². The molecule has 1 saturated carbocycles. The highest BCUT2D eigenvalue weighted by Crippen LogP contribution is 2.28. The molecule has 0 aromatic heterocycles. The summed E-state index contributed by atoms with van der Waals surface area (Å²) >= 11 is 0. The van der Waals surface area contributed by atoms with Gasteiger partial charge in [0.15, 0.2) is 5.96 Å². The molecule has 2 N–H and O–H groups in total. The van der Waals surface area contributed by atoms with Crippen molar-refractivity contribution in [2.75, 3.05) is 59.4 Å². The molecule has 0 spiro atoms. The molecule has 0 aromatic rings. The first-order valence-electron chi connectivity index (χ1n) is 8.71. The SMILES string of the molecule is CCNC(=NCC1CC1)NCCCCN1CCN(C)CC1.I. The van der Waals surface area contributed by atoms with Crippen LogP contribution in [-0.2, 0) is 0 Å². The van der Waals surface area contributed by atoms with Gasteiger partial charge in [0.05, 0.1) is 0 Å². The molecule has 0 radical (unpaired) electrons. The van der Waals surface area contributed by atoms with E-state index < -0.39 is 0 Å². The van der Waals surface area contributed by atoms with E-state index in [2.05, 4.69) is 39.4 Å². The average Bonchev–Trinajstić information content (AvgIpc) is 3.30. The Balaban J connectivity index is 0.00000242. The standard InChI is InChI=1S/C16H33N5.HI/c1-3-17-16(19-14-15-6-7-15)18-8-4-5-9-21-12-10-20(2)11-13-21;/h15H,3-14H2,1-2H3,(H2,17,18,19);1H. The van der Waals surface area contributed by atoms with E-state index in [-0.39, 0.29) is 24.0 Å². The number of hydrogen-bond donors (Lipinski definition) is 2. The zero-order valence-electron chi connectivity index (χ0n) is 14.3. The molecule has 2 fully saturated rings. The summed E-state index contributed by atoms with van der Waals surface area (Å²) in [5.74, 6) is 1.86. The van der Waals surface area contributed by atoms with Crippen LogP contribution in [0.3, 0.4) is 0 Å². The normalized spacial score (nSPS) is 20.5. The summed E-state index contributed by atoms with van der Waals surface area (Å²) in [4.78, 5) is 9.65. The maximum Gasteiger partial charge on any atom is 0.191 e. The van der Waals surface area contributed by atoms with Crippen LogP contribution < -0.4 is 10.6 Å². The Morgan fingerprint density at radius 2 is 1.82 bits per heavy atom. The summed E-state index contributed by atoms with van der Waals surface area (Å²) in [7, 11) is 2.21. The van der Waals surface area contributed by atoms with Crippen molar-refractivity contribution < 1.29 is 0 Å². The molecular formula is C16H34IN5. The molecule has 1 aliphatic heterocycles. The van der Waals surface area contributed by atoms with Crippen LogP contribution in [0.25, 0.3) is 0 Å². The Bertz CT molecular complexity index is 312. The molecule has 1 heterocycles. The van der Waals surface area contributed by atoms with Crippen molar-refractivity contribution in [1.29, 1.82) is 0 Å². The number of nitrogens with zero attached hydrogens (tertiary/aromatic N) is 3. The second kappa shape index (κ2) is 11.5. The fourth-order valence-corrected chi connectivity index (χ4v) is 2.60. The van der Waals surface area contributed by atoms with E-state index >= 15 is 0 Å². The second-order valence-electron chi connectivity index (χ2n) is 6.44. The van der Waals surface area contributed by atoms with Gasteiger partial charge in [-0.05, 0) is 52.1 Å². The van der Waals surface area contributed by atoms with Crippen LogP contribution in [-0.4, -0.2) is 75.2 Å². The van der Waals surface area contributed by atoms with Crippen LogP contribution in [0.4, 0.5) is 0 Å². The summed E-state index contributed by atoms with van der Waals surface area (Å²) in [6.07, 6.45) is 5.24. The van der Waals surface area contributed by atoms with Crippen LogP contribution in [0.1, 0.15) is 32.6 Å². The van der Waals surface area contributed by atoms with Crippen molar-refractivity contribution in [3.8, 4) is 0 Å². The highest BCUT2D eigenvalue weighted by molar-refractivity contribution is 14.0. The second-order valence-corrected chi connectivity index (χ2v) is 6.44. The minimum Gasteiger partial charge on any atom is -0.357 e. The molecule has 22 heavy (non-hydrogen) atoms. The largest absolute Gasteiger partial charge is 0.357 e. The zero-order chi connectivity index (χ0) is 14.9. The maximum absolute atomic E-state index is 4.65. The molecule has 0 aromatic carbocycles. The van der Waals surface area contributed by atoms with Crippen molar-refractivity contribution in [3.05, 3.63) is 0 Å². The highest BCUT2D eigenvalue weighted by Gasteiger charge is 2.20. The number of hydrogen-bond acceptors (Lipinski definition) is 3. The number of halogens is 1. The van der Waals surface area contributed by atoms with Crippen molar-refractivity contribution in [2.24, 2.45) is 10.9 Å². The minimum absolute atomic E-state index is 0. The van der Waals surface area contributed by atoms with Gasteiger partial charge in [-0.25, -0.2) is 0 Å². The summed E-state index contributed by atoms with van der Waals surface area (Å²) in [6, 6.07) is 0. The molecule has 1 saturated heterocycles. The topological polar surface area (TPSA) is 42.9 Å². The molecule has 0 bridgehead atoms. The molecule has 1 aliphatic carbocycles. The minimum atomic E-state index is 0. The lowest BCUT2D eigenvalue weighted by molar-refractivity contribution is 0.152. The van der Waals surface area contributed by atoms with E-state index in [4.69, 9.17) is 0 Å². The number of unbranched alkanes of at least 4 members (excludes halogenated alkanes) is 1. The van der Waals surface area contributed by atoms with E-state index in [9.17, 15) is 0 Å². The van der Waals surface area contributed by atoms with Crippen molar-refractivity contribution in [2.45, 2.75) is 32.6 Å². The number of nitrogens with one attached hydrogen (secondary N) is 2. The van der Waals surface area contributed by atoms with Gasteiger partial charge in [0.25, 0.3) is 0 Å². The molecule has 5 nitrogen and oxygen atoms in total. The third kappa shape index (κ3) is 8.53. The van der Waals surface area contributed by atoms with E-state index in [1.165, 1.54) is 58.4 Å². The van der Waals surface area contributed by atoms with Crippen molar-refractivity contribution in [3.63, 3.8) is 0 Å². The zero-order valence-corrected chi connectivity index (χ0v) is 16.6. The summed E-state index contributed by atoms with van der Waals surface area (Å²) in [5.41, 5.74) is 0. The summed E-state index contributed by atoms with van der Waals surface area (Å²) < 4.78 is 0. The predicted octanol–water partition coefficient (Wildman–Crippen LogP) is 1.60. The van der Waals surface area contributed by atoms with Crippen molar-refractivity contribution >= 4 is 29.9 Å². The number of aliphatic imine (C=N–C) groups is 1. The number of rotatable bonds is 8. The van der Waals surface area contributed by atoms with Gasteiger partial charge in [0.2, 0.25) is 0 Å². The number of piperazine rings is 1. The Morgan fingerprint density at radius 3 is 2.45 bits per heavy atom. The first kappa shape index (κ1) is 20.0. The Labute approximate surface area is 153 Å². The molecular weight excluding hydrogens is 389 g/mol. The third-order valence-electron chi connectivity index (χ3n) is 4.34. The Kier molecular flexibility index (Phi) is 10.4. The molecule has 0 atom stereocenters. The van der Waals surface area contributed by atoms with Gasteiger partial charge in [0.1, 0.15) is 0 Å². The van der Waals surface area contributed by atoms with Gasteiger partial charge in [-0.15, -0.1) is 24.0 Å². The number of likely N-dealkylation sites (N-methyl/N-ethyl adjacent to an activating group) is 1. The molecule has 130 valence electrons. The van der Waals surface area contributed by atoms with Gasteiger partial charge in [0, 0.05) is 45.8 Å². The Morgan fingerprint density at radius 1 is 1.09 bits per heavy atom. The molecule has 0 unspecified atom stereocenters.